The molecule has 1 saturated carbocycles. The summed E-state index contributed by atoms with van der Waals surface area (Å²) in [5.74, 6) is -0.954. The van der Waals surface area contributed by atoms with Gasteiger partial charge in [-0.1, -0.05) is 12.1 Å². The number of aryl methyl sites for hydroxylation is 1. The number of alkyl halides is 3. The van der Waals surface area contributed by atoms with E-state index in [1.165, 1.54) is 0 Å². The lowest BCUT2D eigenvalue weighted by atomic mass is 9.81. The second kappa shape index (κ2) is 6.94. The molecule has 136 valence electrons. The van der Waals surface area contributed by atoms with Crippen molar-refractivity contribution in [2.24, 2.45) is 5.92 Å². The smallest absolute Gasteiger partial charge is 0.310 e. The van der Waals surface area contributed by atoms with Gasteiger partial charge in [0.25, 0.3) is 5.56 Å². The standard InChI is InChI=1S/C19H18F3N3O/c1-11-16(13-4-2-12(10-23)3-5-13)18(26)25-17(24-11)14-6-8-15(9-7-14)19(20,21)22/h2-5,14-15H,6-9H2,1H3,(H,24,25,26). The van der Waals surface area contributed by atoms with Crippen LogP contribution in [0.1, 0.15) is 48.7 Å². The summed E-state index contributed by atoms with van der Waals surface area (Å²) in [6.45, 7) is 1.72. The van der Waals surface area contributed by atoms with Gasteiger partial charge in [0.05, 0.1) is 28.8 Å². The van der Waals surface area contributed by atoms with E-state index in [0.29, 0.717) is 41.1 Å². The van der Waals surface area contributed by atoms with E-state index in [2.05, 4.69) is 9.97 Å². The molecule has 3 rings (SSSR count). The van der Waals surface area contributed by atoms with Gasteiger partial charge in [0.1, 0.15) is 5.82 Å². The summed E-state index contributed by atoms with van der Waals surface area (Å²) in [5, 5.41) is 8.86. The predicted molar refractivity (Wildman–Crippen MR) is 90.5 cm³/mol. The summed E-state index contributed by atoms with van der Waals surface area (Å²) in [4.78, 5) is 19.8. The lowest BCUT2D eigenvalue weighted by Crippen LogP contribution is -2.28. The molecular weight excluding hydrogens is 343 g/mol. The van der Waals surface area contributed by atoms with Crippen LogP contribution in [0.4, 0.5) is 13.2 Å². The first-order chi connectivity index (χ1) is 12.3. The van der Waals surface area contributed by atoms with Crippen molar-refractivity contribution in [3.8, 4) is 17.2 Å². The number of halogens is 3. The minimum absolute atomic E-state index is 0.0638. The first kappa shape index (κ1) is 18.2. The van der Waals surface area contributed by atoms with Gasteiger partial charge in [-0.15, -0.1) is 0 Å². The Hall–Kier alpha value is -2.62. The van der Waals surface area contributed by atoms with Gasteiger partial charge in [-0.3, -0.25) is 4.79 Å². The van der Waals surface area contributed by atoms with E-state index in [0.717, 1.165) is 0 Å². The van der Waals surface area contributed by atoms with Gasteiger partial charge in [0, 0.05) is 5.92 Å². The molecule has 1 fully saturated rings. The molecule has 1 aliphatic rings. The monoisotopic (exact) mass is 361 g/mol. The molecule has 0 radical (unpaired) electrons. The maximum atomic E-state index is 12.8. The van der Waals surface area contributed by atoms with Crippen molar-refractivity contribution in [3.63, 3.8) is 0 Å². The molecule has 7 heteroatoms. The zero-order chi connectivity index (χ0) is 18.9. The minimum Gasteiger partial charge on any atom is -0.310 e. The highest BCUT2D eigenvalue weighted by Gasteiger charge is 2.41. The van der Waals surface area contributed by atoms with Crippen LogP contribution in [-0.4, -0.2) is 16.1 Å². The summed E-state index contributed by atoms with van der Waals surface area (Å²) in [5.41, 5.74) is 1.79. The molecule has 1 aromatic heterocycles. The maximum Gasteiger partial charge on any atom is 0.391 e. The van der Waals surface area contributed by atoms with E-state index < -0.39 is 12.1 Å². The van der Waals surface area contributed by atoms with Crippen molar-refractivity contribution in [3.05, 3.63) is 51.7 Å². The van der Waals surface area contributed by atoms with E-state index in [4.69, 9.17) is 5.26 Å². The number of nitriles is 1. The fourth-order valence-corrected chi connectivity index (χ4v) is 3.55. The number of rotatable bonds is 2. The Morgan fingerprint density at radius 2 is 1.77 bits per heavy atom. The first-order valence-electron chi connectivity index (χ1n) is 8.47. The lowest BCUT2D eigenvalue weighted by molar-refractivity contribution is -0.182. The Kier molecular flexibility index (Phi) is 4.86. The van der Waals surface area contributed by atoms with E-state index >= 15 is 0 Å². The summed E-state index contributed by atoms with van der Waals surface area (Å²) in [6, 6.07) is 8.64. The third-order valence-electron chi connectivity index (χ3n) is 5.00. The third kappa shape index (κ3) is 3.64. The summed E-state index contributed by atoms with van der Waals surface area (Å²) in [7, 11) is 0. The molecule has 0 spiro atoms. The number of H-pyrrole nitrogens is 1. The topological polar surface area (TPSA) is 69.5 Å². The Balaban J connectivity index is 1.84. The molecule has 0 saturated heterocycles. The summed E-state index contributed by atoms with van der Waals surface area (Å²) < 4.78 is 38.4. The molecule has 0 atom stereocenters. The van der Waals surface area contributed by atoms with E-state index in [1.807, 2.05) is 6.07 Å². The molecule has 0 amide bonds. The van der Waals surface area contributed by atoms with Crippen molar-refractivity contribution in [1.29, 1.82) is 5.26 Å². The number of hydrogen-bond acceptors (Lipinski definition) is 3. The molecule has 1 aromatic carbocycles. The number of hydrogen-bond donors (Lipinski definition) is 1. The highest BCUT2D eigenvalue weighted by Crippen LogP contribution is 2.42. The molecule has 1 aliphatic carbocycles. The van der Waals surface area contributed by atoms with E-state index in [9.17, 15) is 18.0 Å². The van der Waals surface area contributed by atoms with Crippen molar-refractivity contribution >= 4 is 0 Å². The molecule has 4 nitrogen and oxygen atoms in total. The first-order valence-corrected chi connectivity index (χ1v) is 8.47. The molecule has 26 heavy (non-hydrogen) atoms. The maximum absolute atomic E-state index is 12.8. The van der Waals surface area contributed by atoms with Crippen molar-refractivity contribution < 1.29 is 13.2 Å². The molecule has 0 unspecified atom stereocenters. The second-order valence-corrected chi connectivity index (χ2v) is 6.69. The van der Waals surface area contributed by atoms with Crippen molar-refractivity contribution in [2.75, 3.05) is 0 Å². The zero-order valence-electron chi connectivity index (χ0n) is 14.2. The van der Waals surface area contributed by atoms with Crippen LogP contribution >= 0.6 is 0 Å². The fraction of sp³-hybridized carbons (Fsp3) is 0.421. The summed E-state index contributed by atoms with van der Waals surface area (Å²) in [6.07, 6.45) is -3.30. The van der Waals surface area contributed by atoms with E-state index in [-0.39, 0.29) is 24.3 Å². The molecule has 1 N–H and O–H groups in total. The lowest BCUT2D eigenvalue weighted by Gasteiger charge is -2.29. The molecular formula is C19H18F3N3O. The normalized spacial score (nSPS) is 20.6. The van der Waals surface area contributed by atoms with Gasteiger partial charge >= 0.3 is 6.18 Å². The number of aromatic amines is 1. The number of aromatic nitrogens is 2. The van der Waals surface area contributed by atoms with Gasteiger partial charge in [-0.2, -0.15) is 18.4 Å². The Labute approximate surface area is 148 Å². The van der Waals surface area contributed by atoms with Gasteiger partial charge in [-0.25, -0.2) is 4.98 Å². The molecule has 1 heterocycles. The second-order valence-electron chi connectivity index (χ2n) is 6.69. The van der Waals surface area contributed by atoms with Crippen LogP contribution in [0, 0.1) is 24.2 Å². The Morgan fingerprint density at radius 3 is 2.27 bits per heavy atom. The molecule has 0 aliphatic heterocycles. The number of nitrogens with one attached hydrogen (secondary N) is 1. The largest absolute Gasteiger partial charge is 0.391 e. The van der Waals surface area contributed by atoms with Gasteiger partial charge in [0.15, 0.2) is 0 Å². The van der Waals surface area contributed by atoms with Gasteiger partial charge < -0.3 is 4.98 Å². The Bertz CT molecular complexity index is 886. The van der Waals surface area contributed by atoms with Crippen LogP contribution in [0.2, 0.25) is 0 Å². The van der Waals surface area contributed by atoms with Crippen LogP contribution < -0.4 is 5.56 Å². The molecule has 2 aromatic rings. The van der Waals surface area contributed by atoms with Crippen molar-refractivity contribution in [1.82, 2.24) is 9.97 Å². The predicted octanol–water partition coefficient (Wildman–Crippen LogP) is 4.45. The highest BCUT2D eigenvalue weighted by molar-refractivity contribution is 5.65. The van der Waals surface area contributed by atoms with Crippen molar-refractivity contribution in [2.45, 2.75) is 44.7 Å². The van der Waals surface area contributed by atoms with Gasteiger partial charge in [-0.05, 0) is 50.3 Å². The number of nitrogens with zero attached hydrogens (tertiary/aromatic N) is 2. The Morgan fingerprint density at radius 1 is 1.15 bits per heavy atom. The van der Waals surface area contributed by atoms with Crippen LogP contribution in [-0.2, 0) is 0 Å². The summed E-state index contributed by atoms with van der Waals surface area (Å²) >= 11 is 0. The van der Waals surface area contributed by atoms with Gasteiger partial charge in [0.2, 0.25) is 0 Å². The number of benzene rings is 1. The SMILES string of the molecule is Cc1nc(C2CCC(C(F)(F)F)CC2)[nH]c(=O)c1-c1ccc(C#N)cc1. The van der Waals surface area contributed by atoms with Crippen LogP contribution in [0.25, 0.3) is 11.1 Å². The van der Waals surface area contributed by atoms with Crippen LogP contribution in [0.15, 0.2) is 29.1 Å². The average molecular weight is 361 g/mol. The average Bonchev–Trinajstić information content (AvgIpc) is 2.61. The van der Waals surface area contributed by atoms with E-state index in [1.54, 1.807) is 31.2 Å². The zero-order valence-corrected chi connectivity index (χ0v) is 14.2. The highest BCUT2D eigenvalue weighted by atomic mass is 19.4. The van der Waals surface area contributed by atoms with Crippen LogP contribution in [0.5, 0.6) is 0 Å². The quantitative estimate of drug-likeness (QED) is 0.859. The fourth-order valence-electron chi connectivity index (χ4n) is 3.55. The third-order valence-corrected chi connectivity index (χ3v) is 5.00. The van der Waals surface area contributed by atoms with Crippen LogP contribution in [0.3, 0.4) is 0 Å². The molecule has 0 bridgehead atoms. The minimum atomic E-state index is -4.15.